The number of aryl methyl sites for hydroxylation is 2. The Morgan fingerprint density at radius 1 is 0.913 bits per heavy atom. The molecule has 0 spiro atoms. The van der Waals surface area contributed by atoms with Crippen LogP contribution in [0.5, 0.6) is 0 Å². The zero-order chi connectivity index (χ0) is 16.4. The fourth-order valence-electron chi connectivity index (χ4n) is 2.44. The van der Waals surface area contributed by atoms with Crippen LogP contribution in [0.1, 0.15) is 11.1 Å². The third-order valence-electron chi connectivity index (χ3n) is 3.39. The first-order valence-corrected chi connectivity index (χ1v) is 7.15. The summed E-state index contributed by atoms with van der Waals surface area (Å²) in [6.45, 7) is 3.87. The van der Waals surface area contributed by atoms with Gasteiger partial charge in [-0.05, 0) is 55.3 Å². The maximum absolute atomic E-state index is 12.0. The first kappa shape index (κ1) is 14.8. The van der Waals surface area contributed by atoms with Crippen LogP contribution in [0.2, 0.25) is 0 Å². The highest BCUT2D eigenvalue weighted by Gasteiger charge is 2.14. The lowest BCUT2D eigenvalue weighted by atomic mass is 10.1. The van der Waals surface area contributed by atoms with Crippen molar-refractivity contribution in [2.24, 2.45) is 0 Å². The number of nitrogens with zero attached hydrogens (tertiary/aromatic N) is 1. The normalized spacial score (nSPS) is 10.5. The summed E-state index contributed by atoms with van der Waals surface area (Å²) in [5, 5.41) is 12.8. The number of benzene rings is 2. The smallest absolute Gasteiger partial charge is 0.314 e. The van der Waals surface area contributed by atoms with E-state index in [1.807, 2.05) is 38.1 Å². The average Bonchev–Trinajstić information content (AvgIpc) is 2.93. The number of nitrogens with one attached hydrogen (secondary N) is 3. The summed E-state index contributed by atoms with van der Waals surface area (Å²) >= 11 is 0. The van der Waals surface area contributed by atoms with Crippen LogP contribution in [0, 0.1) is 13.8 Å². The molecule has 0 atom stereocenters. The minimum atomic E-state index is -0.719. The summed E-state index contributed by atoms with van der Waals surface area (Å²) in [5.41, 5.74) is 3.96. The summed E-state index contributed by atoms with van der Waals surface area (Å²) in [7, 11) is 0. The second kappa shape index (κ2) is 5.92. The van der Waals surface area contributed by atoms with Gasteiger partial charge in [0, 0.05) is 16.8 Å². The molecule has 1 aromatic heterocycles. The molecular weight excluding hydrogens is 292 g/mol. The lowest BCUT2D eigenvalue weighted by Gasteiger charge is -2.08. The number of H-pyrrole nitrogens is 1. The molecule has 0 bridgehead atoms. The largest absolute Gasteiger partial charge is 0.318 e. The highest BCUT2D eigenvalue weighted by Crippen LogP contribution is 2.17. The SMILES string of the molecule is Cc1cc(C)cc(NC(=O)C(=O)Nc2ccc3cn[nH]c3c2)c1. The number of carbonyl (C=O) groups excluding carboxylic acids is 2. The number of aromatic amines is 1. The summed E-state index contributed by atoms with van der Waals surface area (Å²) in [6, 6.07) is 10.9. The van der Waals surface area contributed by atoms with E-state index in [2.05, 4.69) is 20.8 Å². The second-order valence-electron chi connectivity index (χ2n) is 5.46. The topological polar surface area (TPSA) is 86.9 Å². The molecule has 2 aromatic carbocycles. The van der Waals surface area contributed by atoms with Crippen molar-refractivity contribution in [3.63, 3.8) is 0 Å². The van der Waals surface area contributed by atoms with Crippen molar-refractivity contribution < 1.29 is 9.59 Å². The van der Waals surface area contributed by atoms with Crippen LogP contribution in [-0.4, -0.2) is 22.0 Å². The molecular formula is C17H16N4O2. The first-order chi connectivity index (χ1) is 11.0. The number of carbonyl (C=O) groups is 2. The van der Waals surface area contributed by atoms with E-state index < -0.39 is 11.8 Å². The summed E-state index contributed by atoms with van der Waals surface area (Å²) in [4.78, 5) is 24.0. The van der Waals surface area contributed by atoms with Gasteiger partial charge in [-0.1, -0.05) is 6.07 Å². The Balaban J connectivity index is 1.70. The van der Waals surface area contributed by atoms with Crippen LogP contribution in [0.4, 0.5) is 11.4 Å². The van der Waals surface area contributed by atoms with Gasteiger partial charge in [0.25, 0.3) is 0 Å². The molecule has 116 valence electrons. The van der Waals surface area contributed by atoms with Gasteiger partial charge in [0.1, 0.15) is 0 Å². The van der Waals surface area contributed by atoms with Crippen molar-refractivity contribution in [1.29, 1.82) is 0 Å². The van der Waals surface area contributed by atoms with E-state index in [1.54, 1.807) is 18.3 Å². The summed E-state index contributed by atoms with van der Waals surface area (Å²) < 4.78 is 0. The second-order valence-corrected chi connectivity index (χ2v) is 5.46. The van der Waals surface area contributed by atoms with E-state index in [0.717, 1.165) is 22.0 Å². The molecule has 0 fully saturated rings. The van der Waals surface area contributed by atoms with E-state index in [4.69, 9.17) is 0 Å². The van der Waals surface area contributed by atoms with Crippen LogP contribution in [-0.2, 0) is 9.59 Å². The Morgan fingerprint density at radius 3 is 2.26 bits per heavy atom. The average molecular weight is 308 g/mol. The van der Waals surface area contributed by atoms with Crippen LogP contribution in [0.15, 0.2) is 42.6 Å². The quantitative estimate of drug-likeness (QED) is 0.636. The molecule has 0 aliphatic carbocycles. The summed E-state index contributed by atoms with van der Waals surface area (Å²) in [6.07, 6.45) is 1.69. The van der Waals surface area contributed by atoms with Crippen LogP contribution < -0.4 is 10.6 Å². The van der Waals surface area contributed by atoms with Gasteiger partial charge in [0.15, 0.2) is 0 Å². The Morgan fingerprint density at radius 2 is 1.57 bits per heavy atom. The molecule has 0 saturated heterocycles. The molecule has 3 aromatic rings. The van der Waals surface area contributed by atoms with Crippen LogP contribution >= 0.6 is 0 Å². The minimum absolute atomic E-state index is 0.530. The molecule has 0 saturated carbocycles. The van der Waals surface area contributed by atoms with Gasteiger partial charge in [-0.2, -0.15) is 5.10 Å². The van der Waals surface area contributed by atoms with Crippen LogP contribution in [0.3, 0.4) is 0 Å². The third kappa shape index (κ3) is 3.37. The maximum Gasteiger partial charge on any atom is 0.314 e. The third-order valence-corrected chi connectivity index (χ3v) is 3.39. The number of hydrogen-bond donors (Lipinski definition) is 3. The molecule has 6 nitrogen and oxygen atoms in total. The van der Waals surface area contributed by atoms with Gasteiger partial charge in [-0.3, -0.25) is 14.7 Å². The predicted molar refractivity (Wildman–Crippen MR) is 89.3 cm³/mol. The van der Waals surface area contributed by atoms with Crippen molar-refractivity contribution in [3.8, 4) is 0 Å². The monoisotopic (exact) mass is 308 g/mol. The first-order valence-electron chi connectivity index (χ1n) is 7.15. The van der Waals surface area contributed by atoms with Gasteiger partial charge >= 0.3 is 11.8 Å². The summed E-state index contributed by atoms with van der Waals surface area (Å²) in [5.74, 6) is -1.43. The molecule has 0 aliphatic heterocycles. The number of fused-ring (bicyclic) bond motifs is 1. The van der Waals surface area contributed by atoms with E-state index in [9.17, 15) is 9.59 Å². The van der Waals surface area contributed by atoms with Crippen molar-refractivity contribution in [3.05, 3.63) is 53.7 Å². The number of aromatic nitrogens is 2. The fourth-order valence-corrected chi connectivity index (χ4v) is 2.44. The molecule has 1 heterocycles. The standard InChI is InChI=1S/C17H16N4O2/c1-10-5-11(2)7-14(6-10)20-17(23)16(22)19-13-4-3-12-9-18-21-15(12)8-13/h3-9H,1-2H3,(H,18,21)(H,19,22)(H,20,23). The molecule has 3 rings (SSSR count). The van der Waals surface area contributed by atoms with Crippen molar-refractivity contribution in [1.82, 2.24) is 10.2 Å². The lowest BCUT2D eigenvalue weighted by Crippen LogP contribution is -2.29. The highest BCUT2D eigenvalue weighted by atomic mass is 16.2. The number of amides is 2. The van der Waals surface area contributed by atoms with Crippen molar-refractivity contribution in [2.45, 2.75) is 13.8 Å². The van der Waals surface area contributed by atoms with Crippen molar-refractivity contribution in [2.75, 3.05) is 10.6 Å². The Hall–Kier alpha value is -3.15. The zero-order valence-electron chi connectivity index (χ0n) is 12.8. The Bertz CT molecular complexity index is 878. The molecule has 3 N–H and O–H groups in total. The van der Waals surface area contributed by atoms with Gasteiger partial charge in [-0.15, -0.1) is 0 Å². The van der Waals surface area contributed by atoms with E-state index >= 15 is 0 Å². The molecule has 0 unspecified atom stereocenters. The van der Waals surface area contributed by atoms with Gasteiger partial charge in [0.05, 0.1) is 11.7 Å². The minimum Gasteiger partial charge on any atom is -0.318 e. The molecule has 6 heteroatoms. The highest BCUT2D eigenvalue weighted by molar-refractivity contribution is 6.43. The Labute approximate surface area is 132 Å². The van der Waals surface area contributed by atoms with Gasteiger partial charge in [0.2, 0.25) is 0 Å². The van der Waals surface area contributed by atoms with Crippen molar-refractivity contribution >= 4 is 34.1 Å². The molecule has 23 heavy (non-hydrogen) atoms. The Kier molecular flexibility index (Phi) is 3.80. The number of hydrogen-bond acceptors (Lipinski definition) is 3. The number of rotatable bonds is 2. The molecule has 0 radical (unpaired) electrons. The number of anilines is 2. The molecule has 0 aliphatic rings. The predicted octanol–water partition coefficient (Wildman–Crippen LogP) is 2.76. The van der Waals surface area contributed by atoms with Crippen LogP contribution in [0.25, 0.3) is 10.9 Å². The zero-order valence-corrected chi connectivity index (χ0v) is 12.8. The maximum atomic E-state index is 12.0. The van der Waals surface area contributed by atoms with E-state index in [0.29, 0.717) is 11.4 Å². The van der Waals surface area contributed by atoms with E-state index in [-0.39, 0.29) is 0 Å². The van der Waals surface area contributed by atoms with Gasteiger partial charge in [-0.25, -0.2) is 0 Å². The van der Waals surface area contributed by atoms with Gasteiger partial charge < -0.3 is 10.6 Å². The fraction of sp³-hybridized carbons (Fsp3) is 0.118. The lowest BCUT2D eigenvalue weighted by molar-refractivity contribution is -0.132. The van der Waals surface area contributed by atoms with E-state index in [1.165, 1.54) is 0 Å². The molecule has 2 amide bonds.